The van der Waals surface area contributed by atoms with Crippen molar-refractivity contribution in [2.45, 2.75) is 4.90 Å². The van der Waals surface area contributed by atoms with Gasteiger partial charge in [0.15, 0.2) is 5.11 Å². The van der Waals surface area contributed by atoms with Gasteiger partial charge in [-0.05, 0) is 42.5 Å². The highest BCUT2D eigenvalue weighted by Crippen LogP contribution is 2.23. The Labute approximate surface area is 153 Å². The van der Waals surface area contributed by atoms with Gasteiger partial charge in [0.25, 0.3) is 10.0 Å². The highest BCUT2D eigenvalue weighted by Gasteiger charge is 2.21. The van der Waals surface area contributed by atoms with Crippen molar-refractivity contribution in [1.82, 2.24) is 5.32 Å². The van der Waals surface area contributed by atoms with Crippen molar-refractivity contribution < 1.29 is 13.2 Å². The van der Waals surface area contributed by atoms with Crippen LogP contribution in [0, 0.1) is 0 Å². The second kappa shape index (κ2) is 8.80. The maximum Gasteiger partial charge on any atom is 0.264 e. The number of nitrogens with one attached hydrogen (secondary N) is 2. The lowest BCUT2D eigenvalue weighted by Crippen LogP contribution is -2.31. The predicted octanol–water partition coefficient (Wildman–Crippen LogP) is 2.44. The van der Waals surface area contributed by atoms with Crippen LogP contribution >= 0.6 is 12.2 Å². The molecule has 2 aromatic rings. The maximum absolute atomic E-state index is 12.8. The van der Waals surface area contributed by atoms with E-state index in [0.29, 0.717) is 29.6 Å². The van der Waals surface area contributed by atoms with Gasteiger partial charge >= 0.3 is 0 Å². The molecule has 0 fully saturated rings. The van der Waals surface area contributed by atoms with Gasteiger partial charge in [-0.1, -0.05) is 24.3 Å². The van der Waals surface area contributed by atoms with Gasteiger partial charge in [-0.2, -0.15) is 0 Å². The molecular weight excluding hydrogens is 358 g/mol. The molecule has 0 radical (unpaired) electrons. The molecular formula is C17H21N3O3S2. The number of hydrogen-bond acceptors (Lipinski definition) is 4. The molecule has 0 bridgehead atoms. The summed E-state index contributed by atoms with van der Waals surface area (Å²) in [5.41, 5.74) is 1.19. The van der Waals surface area contributed by atoms with Crippen LogP contribution in [0.2, 0.25) is 0 Å². The second-order valence-corrected chi connectivity index (χ2v) is 7.59. The van der Waals surface area contributed by atoms with Gasteiger partial charge in [-0.15, -0.1) is 0 Å². The first-order valence-corrected chi connectivity index (χ1v) is 9.48. The van der Waals surface area contributed by atoms with Crippen LogP contribution in [0.4, 0.5) is 11.4 Å². The molecule has 0 saturated carbocycles. The summed E-state index contributed by atoms with van der Waals surface area (Å²) in [4.78, 5) is 0.184. The van der Waals surface area contributed by atoms with Crippen LogP contribution in [-0.4, -0.2) is 40.8 Å². The summed E-state index contributed by atoms with van der Waals surface area (Å²) >= 11 is 5.18. The fraction of sp³-hybridized carbons (Fsp3) is 0.235. The van der Waals surface area contributed by atoms with E-state index >= 15 is 0 Å². The van der Waals surface area contributed by atoms with E-state index in [1.807, 2.05) is 6.07 Å². The smallest absolute Gasteiger partial charge is 0.264 e. The molecule has 2 rings (SSSR count). The number of thiocarbonyl (C=S) groups is 1. The molecule has 2 N–H and O–H groups in total. The quantitative estimate of drug-likeness (QED) is 0.569. The molecule has 2 aromatic carbocycles. The summed E-state index contributed by atoms with van der Waals surface area (Å²) in [6, 6.07) is 15.5. The van der Waals surface area contributed by atoms with Gasteiger partial charge in [0.05, 0.1) is 17.2 Å². The van der Waals surface area contributed by atoms with Crippen molar-refractivity contribution in [2.75, 3.05) is 36.9 Å². The Hall–Kier alpha value is -2.16. The van der Waals surface area contributed by atoms with E-state index in [-0.39, 0.29) is 4.90 Å². The molecule has 0 heterocycles. The SMILES string of the molecule is COCCNC(=S)Nc1cccc(S(=O)(=O)N(C)c2ccccc2)c1. The van der Waals surface area contributed by atoms with Crippen LogP contribution in [-0.2, 0) is 14.8 Å². The number of hydrogen-bond donors (Lipinski definition) is 2. The highest BCUT2D eigenvalue weighted by molar-refractivity contribution is 7.92. The molecule has 25 heavy (non-hydrogen) atoms. The van der Waals surface area contributed by atoms with E-state index in [2.05, 4.69) is 10.6 Å². The summed E-state index contributed by atoms with van der Waals surface area (Å²) in [6.45, 7) is 1.09. The Bertz CT molecular complexity index is 811. The number of methoxy groups -OCH3 is 1. The lowest BCUT2D eigenvalue weighted by molar-refractivity contribution is 0.204. The lowest BCUT2D eigenvalue weighted by Gasteiger charge is -2.20. The molecule has 0 amide bonds. The van der Waals surface area contributed by atoms with E-state index < -0.39 is 10.0 Å². The standard InChI is InChI=1S/C17H21N3O3S2/c1-20(15-8-4-3-5-9-15)25(21,22)16-10-6-7-14(13-16)19-17(24)18-11-12-23-2/h3-10,13H,11-12H2,1-2H3,(H2,18,19,24). The van der Waals surface area contributed by atoms with Gasteiger partial charge in [0.1, 0.15) is 0 Å². The fourth-order valence-corrected chi connectivity index (χ4v) is 3.57. The van der Waals surface area contributed by atoms with Crippen LogP contribution in [0.5, 0.6) is 0 Å². The van der Waals surface area contributed by atoms with Crippen LogP contribution in [0.15, 0.2) is 59.5 Å². The van der Waals surface area contributed by atoms with Gasteiger partial charge in [0, 0.05) is 26.4 Å². The molecule has 0 aromatic heterocycles. The number of ether oxygens (including phenoxy) is 1. The molecule has 0 saturated heterocycles. The summed E-state index contributed by atoms with van der Waals surface area (Å²) in [5.74, 6) is 0. The first kappa shape index (κ1) is 19.2. The number of nitrogens with zero attached hydrogens (tertiary/aromatic N) is 1. The van der Waals surface area contributed by atoms with Gasteiger partial charge < -0.3 is 15.4 Å². The summed E-state index contributed by atoms with van der Waals surface area (Å²) in [7, 11) is -0.525. The molecule has 0 atom stereocenters. The van der Waals surface area contributed by atoms with Gasteiger partial charge in [-0.25, -0.2) is 8.42 Å². The minimum absolute atomic E-state index is 0.184. The zero-order valence-corrected chi connectivity index (χ0v) is 15.7. The van der Waals surface area contributed by atoms with Crippen LogP contribution < -0.4 is 14.9 Å². The topological polar surface area (TPSA) is 70.7 Å². The van der Waals surface area contributed by atoms with Crippen LogP contribution in [0.3, 0.4) is 0 Å². The number of para-hydroxylation sites is 1. The lowest BCUT2D eigenvalue weighted by atomic mass is 10.3. The number of anilines is 2. The van der Waals surface area contributed by atoms with Crippen molar-refractivity contribution in [3.63, 3.8) is 0 Å². The molecule has 6 nitrogen and oxygen atoms in total. The summed E-state index contributed by atoms with van der Waals surface area (Å²) in [6.07, 6.45) is 0. The Kier molecular flexibility index (Phi) is 6.74. The Morgan fingerprint density at radius 3 is 2.56 bits per heavy atom. The van der Waals surface area contributed by atoms with Crippen LogP contribution in [0.1, 0.15) is 0 Å². The van der Waals surface area contributed by atoms with Crippen LogP contribution in [0.25, 0.3) is 0 Å². The summed E-state index contributed by atoms with van der Waals surface area (Å²) in [5, 5.41) is 6.35. The molecule has 134 valence electrons. The Morgan fingerprint density at radius 1 is 1.16 bits per heavy atom. The molecule has 0 unspecified atom stereocenters. The fourth-order valence-electron chi connectivity index (χ4n) is 2.11. The molecule has 8 heteroatoms. The second-order valence-electron chi connectivity index (χ2n) is 5.21. The van der Waals surface area contributed by atoms with Crippen molar-refractivity contribution in [3.05, 3.63) is 54.6 Å². The van der Waals surface area contributed by atoms with E-state index in [1.165, 1.54) is 11.4 Å². The molecule has 0 spiro atoms. The largest absolute Gasteiger partial charge is 0.383 e. The normalized spacial score (nSPS) is 11.0. The van der Waals surface area contributed by atoms with Crippen molar-refractivity contribution >= 4 is 38.7 Å². The maximum atomic E-state index is 12.8. The highest BCUT2D eigenvalue weighted by atomic mass is 32.2. The van der Waals surface area contributed by atoms with E-state index in [1.54, 1.807) is 55.6 Å². The molecule has 0 aliphatic rings. The zero-order valence-electron chi connectivity index (χ0n) is 14.1. The third kappa shape index (κ3) is 5.15. The van der Waals surface area contributed by atoms with Crippen molar-refractivity contribution in [3.8, 4) is 0 Å². The predicted molar refractivity (Wildman–Crippen MR) is 105 cm³/mol. The van der Waals surface area contributed by atoms with E-state index in [4.69, 9.17) is 17.0 Å². The number of sulfonamides is 1. The third-order valence-electron chi connectivity index (χ3n) is 3.46. The number of benzene rings is 2. The van der Waals surface area contributed by atoms with Gasteiger partial charge in [-0.3, -0.25) is 4.31 Å². The first-order chi connectivity index (χ1) is 11.9. The number of rotatable bonds is 7. The average molecular weight is 380 g/mol. The van der Waals surface area contributed by atoms with Crippen molar-refractivity contribution in [2.24, 2.45) is 0 Å². The third-order valence-corrected chi connectivity index (χ3v) is 5.49. The zero-order chi connectivity index (χ0) is 18.3. The van der Waals surface area contributed by atoms with E-state index in [9.17, 15) is 8.42 Å². The molecule has 0 aliphatic carbocycles. The average Bonchev–Trinajstić information content (AvgIpc) is 2.62. The minimum atomic E-state index is -3.66. The minimum Gasteiger partial charge on any atom is -0.383 e. The molecule has 0 aliphatic heterocycles. The monoisotopic (exact) mass is 379 g/mol. The van der Waals surface area contributed by atoms with E-state index in [0.717, 1.165) is 0 Å². The first-order valence-electron chi connectivity index (χ1n) is 7.63. The van der Waals surface area contributed by atoms with Gasteiger partial charge in [0.2, 0.25) is 0 Å². The Morgan fingerprint density at radius 2 is 1.88 bits per heavy atom. The van der Waals surface area contributed by atoms with Crippen molar-refractivity contribution in [1.29, 1.82) is 0 Å². The Balaban J connectivity index is 2.15. The summed E-state index contributed by atoms with van der Waals surface area (Å²) < 4.78 is 31.8.